The van der Waals surface area contributed by atoms with Gasteiger partial charge >= 0.3 is 6.18 Å². The fraction of sp³-hybridized carbons (Fsp3) is 0.259. The van der Waals surface area contributed by atoms with Gasteiger partial charge in [-0.05, 0) is 16.7 Å². The molecular weight excluding hydrogens is 505 g/mol. The first-order valence-electron chi connectivity index (χ1n) is 11.8. The summed E-state index contributed by atoms with van der Waals surface area (Å²) in [6, 6.07) is 11.8. The number of halogens is 5. The van der Waals surface area contributed by atoms with Crippen molar-refractivity contribution >= 4 is 11.7 Å². The summed E-state index contributed by atoms with van der Waals surface area (Å²) in [6.07, 6.45) is -2.63. The Morgan fingerprint density at radius 3 is 2.47 bits per heavy atom. The van der Waals surface area contributed by atoms with Gasteiger partial charge in [0.15, 0.2) is 11.5 Å². The van der Waals surface area contributed by atoms with Crippen molar-refractivity contribution in [2.24, 2.45) is 7.05 Å². The maximum Gasteiger partial charge on any atom is 0.434 e. The number of rotatable bonds is 4. The molecule has 0 radical (unpaired) electrons. The smallest absolute Gasteiger partial charge is 0.333 e. The number of alkyl halides is 5. The summed E-state index contributed by atoms with van der Waals surface area (Å²) in [7, 11) is 1.49. The highest BCUT2D eigenvalue weighted by atomic mass is 19.4. The van der Waals surface area contributed by atoms with Crippen molar-refractivity contribution < 1.29 is 26.7 Å². The molecule has 0 unspecified atom stereocenters. The van der Waals surface area contributed by atoms with E-state index in [1.165, 1.54) is 16.5 Å². The van der Waals surface area contributed by atoms with E-state index < -0.39 is 17.8 Å². The number of amides is 1. The van der Waals surface area contributed by atoms with Gasteiger partial charge in [0.25, 0.3) is 5.92 Å². The number of benzene rings is 2. The van der Waals surface area contributed by atoms with E-state index in [0.717, 1.165) is 11.8 Å². The Kier molecular flexibility index (Phi) is 5.37. The lowest BCUT2D eigenvalue weighted by Crippen LogP contribution is -2.26. The van der Waals surface area contributed by atoms with Gasteiger partial charge in [0.1, 0.15) is 11.6 Å². The third kappa shape index (κ3) is 4.21. The number of aryl methyl sites for hydroxylation is 1. The first kappa shape index (κ1) is 24.2. The van der Waals surface area contributed by atoms with Crippen LogP contribution in [0, 0.1) is 0 Å². The molecule has 1 aliphatic heterocycles. The third-order valence-corrected chi connectivity index (χ3v) is 6.86. The fourth-order valence-corrected chi connectivity index (χ4v) is 5.06. The van der Waals surface area contributed by atoms with Crippen molar-refractivity contribution in [3.63, 3.8) is 0 Å². The molecule has 2 aromatic carbocycles. The number of imidazole rings is 1. The van der Waals surface area contributed by atoms with Gasteiger partial charge in [-0.25, -0.2) is 23.7 Å². The molecule has 6 rings (SSSR count). The Hall–Kier alpha value is -4.15. The summed E-state index contributed by atoms with van der Waals surface area (Å²) >= 11 is 0. The maximum absolute atomic E-state index is 14.1. The summed E-state index contributed by atoms with van der Waals surface area (Å²) in [5.41, 5.74) is 2.52. The number of hydrogen-bond donors (Lipinski definition) is 0. The minimum atomic E-state index is -4.54. The van der Waals surface area contributed by atoms with E-state index in [1.54, 1.807) is 48.7 Å². The van der Waals surface area contributed by atoms with Crippen LogP contribution in [-0.4, -0.2) is 31.3 Å². The molecule has 0 N–H and O–H groups in total. The summed E-state index contributed by atoms with van der Waals surface area (Å²) in [4.78, 5) is 27.0. The normalized spacial score (nSPS) is 16.2. The Morgan fingerprint density at radius 1 is 1.00 bits per heavy atom. The van der Waals surface area contributed by atoms with Crippen LogP contribution in [0.4, 0.5) is 27.8 Å². The molecule has 38 heavy (non-hydrogen) atoms. The molecule has 2 aromatic heterocycles. The SMILES string of the molecule is Cn1cc(C(F)(F)F)nc1-c1ccc(CN2C(=O)Cc3cnc(-c4cccc5c4CC(F)(F)C5)nc32)cc1. The molecule has 194 valence electrons. The van der Waals surface area contributed by atoms with Crippen LogP contribution >= 0.6 is 0 Å². The lowest BCUT2D eigenvalue weighted by Gasteiger charge is -2.17. The average Bonchev–Trinajstić information content (AvgIpc) is 3.50. The number of fused-ring (bicyclic) bond motifs is 2. The van der Waals surface area contributed by atoms with E-state index in [4.69, 9.17) is 0 Å². The van der Waals surface area contributed by atoms with Crippen LogP contribution in [0.3, 0.4) is 0 Å². The lowest BCUT2D eigenvalue weighted by atomic mass is 10.0. The summed E-state index contributed by atoms with van der Waals surface area (Å²) in [6.45, 7) is 0.182. The molecule has 2 aliphatic rings. The molecule has 3 heterocycles. The van der Waals surface area contributed by atoms with Crippen LogP contribution < -0.4 is 4.90 Å². The van der Waals surface area contributed by atoms with E-state index in [9.17, 15) is 26.7 Å². The second-order valence-corrected chi connectivity index (χ2v) is 9.61. The molecule has 0 bridgehead atoms. The Bertz CT molecular complexity index is 1580. The number of anilines is 1. The minimum absolute atomic E-state index is 0.117. The minimum Gasteiger partial charge on any atom is -0.333 e. The summed E-state index contributed by atoms with van der Waals surface area (Å²) in [5.74, 6) is -2.12. The monoisotopic (exact) mass is 525 g/mol. The molecule has 0 saturated heterocycles. The highest BCUT2D eigenvalue weighted by Gasteiger charge is 2.39. The van der Waals surface area contributed by atoms with Crippen LogP contribution in [-0.2, 0) is 43.8 Å². The molecular formula is C27H20F5N5O. The Morgan fingerprint density at radius 2 is 1.76 bits per heavy atom. The van der Waals surface area contributed by atoms with Gasteiger partial charge < -0.3 is 4.57 Å². The van der Waals surface area contributed by atoms with Crippen LogP contribution in [0.15, 0.2) is 54.9 Å². The molecule has 0 atom stereocenters. The lowest BCUT2D eigenvalue weighted by molar-refractivity contribution is -0.140. The van der Waals surface area contributed by atoms with Crippen molar-refractivity contribution in [1.82, 2.24) is 19.5 Å². The van der Waals surface area contributed by atoms with Crippen LogP contribution in [0.1, 0.15) is 27.9 Å². The van der Waals surface area contributed by atoms with Gasteiger partial charge in [0, 0.05) is 49.0 Å². The number of hydrogen-bond acceptors (Lipinski definition) is 4. The molecule has 1 aliphatic carbocycles. The van der Waals surface area contributed by atoms with E-state index >= 15 is 0 Å². The second kappa shape index (κ2) is 8.44. The van der Waals surface area contributed by atoms with Gasteiger partial charge in [-0.1, -0.05) is 42.5 Å². The molecule has 0 saturated carbocycles. The number of aromatic nitrogens is 4. The topological polar surface area (TPSA) is 63.9 Å². The van der Waals surface area contributed by atoms with E-state index in [1.807, 2.05) is 0 Å². The summed E-state index contributed by atoms with van der Waals surface area (Å²) in [5, 5.41) is 0. The van der Waals surface area contributed by atoms with Crippen LogP contribution in [0.5, 0.6) is 0 Å². The van der Waals surface area contributed by atoms with Crippen molar-refractivity contribution in [2.75, 3.05) is 4.90 Å². The largest absolute Gasteiger partial charge is 0.434 e. The number of carbonyl (C=O) groups is 1. The standard InChI is InChI=1S/C27H20F5N5O/c1-36-14-21(27(30,31)32)34-24(36)16-7-5-15(6-8-16)13-37-22(38)9-18-12-33-23(35-25(18)37)19-4-2-3-17-10-26(28,29)11-20(17)19/h2-8,12,14H,9-11,13H2,1H3. The highest BCUT2D eigenvalue weighted by Crippen LogP contribution is 2.40. The molecule has 0 spiro atoms. The number of nitrogens with zero attached hydrogens (tertiary/aromatic N) is 5. The van der Waals surface area contributed by atoms with Gasteiger partial charge in [-0.15, -0.1) is 0 Å². The zero-order chi connectivity index (χ0) is 26.8. The van der Waals surface area contributed by atoms with Gasteiger partial charge in [0.05, 0.1) is 13.0 Å². The van der Waals surface area contributed by atoms with Gasteiger partial charge in [-0.3, -0.25) is 9.69 Å². The molecule has 11 heteroatoms. The van der Waals surface area contributed by atoms with Gasteiger partial charge in [-0.2, -0.15) is 13.2 Å². The van der Waals surface area contributed by atoms with E-state index in [2.05, 4.69) is 15.0 Å². The van der Waals surface area contributed by atoms with E-state index in [-0.39, 0.29) is 43.4 Å². The van der Waals surface area contributed by atoms with Crippen LogP contribution in [0.25, 0.3) is 22.8 Å². The van der Waals surface area contributed by atoms with E-state index in [0.29, 0.717) is 33.6 Å². The zero-order valence-electron chi connectivity index (χ0n) is 20.1. The number of carbonyl (C=O) groups excluding carboxylic acids is 1. The first-order chi connectivity index (χ1) is 18.0. The van der Waals surface area contributed by atoms with Crippen molar-refractivity contribution in [1.29, 1.82) is 0 Å². The second-order valence-electron chi connectivity index (χ2n) is 9.61. The predicted molar refractivity (Wildman–Crippen MR) is 128 cm³/mol. The molecule has 1 amide bonds. The third-order valence-electron chi connectivity index (χ3n) is 6.86. The average molecular weight is 525 g/mol. The van der Waals surface area contributed by atoms with Crippen molar-refractivity contribution in [3.05, 3.63) is 82.8 Å². The Labute approximate surface area is 213 Å². The molecule has 6 nitrogen and oxygen atoms in total. The molecule has 0 fully saturated rings. The highest BCUT2D eigenvalue weighted by molar-refractivity contribution is 6.00. The quantitative estimate of drug-likeness (QED) is 0.336. The molecule has 4 aromatic rings. The fourth-order valence-electron chi connectivity index (χ4n) is 5.06. The predicted octanol–water partition coefficient (Wildman–Crippen LogP) is 5.39. The Balaban J connectivity index is 1.27. The van der Waals surface area contributed by atoms with Crippen molar-refractivity contribution in [3.8, 4) is 22.8 Å². The summed E-state index contributed by atoms with van der Waals surface area (Å²) < 4.78 is 68.5. The maximum atomic E-state index is 14.1. The first-order valence-corrected chi connectivity index (χ1v) is 11.8. The van der Waals surface area contributed by atoms with Crippen molar-refractivity contribution in [2.45, 2.75) is 37.9 Å². The zero-order valence-corrected chi connectivity index (χ0v) is 20.1. The van der Waals surface area contributed by atoms with Crippen LogP contribution in [0.2, 0.25) is 0 Å². The van der Waals surface area contributed by atoms with Gasteiger partial charge in [0.2, 0.25) is 5.91 Å².